The lowest BCUT2D eigenvalue weighted by Gasteiger charge is -2.31. The maximum atomic E-state index is 13.4. The quantitative estimate of drug-likeness (QED) is 0.415. The summed E-state index contributed by atoms with van der Waals surface area (Å²) >= 11 is 12.8. The molecule has 4 aromatic rings. The molecule has 0 bridgehead atoms. The number of nitrogens with zero attached hydrogens (tertiary/aromatic N) is 5. The Morgan fingerprint density at radius 3 is 2.81 bits per heavy atom. The van der Waals surface area contributed by atoms with Crippen LogP contribution in [0.4, 0.5) is 0 Å². The van der Waals surface area contributed by atoms with Crippen LogP contribution in [0.1, 0.15) is 30.5 Å². The van der Waals surface area contributed by atoms with Crippen molar-refractivity contribution in [1.29, 1.82) is 0 Å². The summed E-state index contributed by atoms with van der Waals surface area (Å²) < 4.78 is 7.27. The van der Waals surface area contributed by atoms with Crippen molar-refractivity contribution in [3.05, 3.63) is 64.2 Å². The van der Waals surface area contributed by atoms with Crippen LogP contribution < -0.4 is 0 Å². The summed E-state index contributed by atoms with van der Waals surface area (Å²) in [6.45, 7) is 3.20. The summed E-state index contributed by atoms with van der Waals surface area (Å²) in [6.07, 6.45) is 1.80. The minimum atomic E-state index is 0.00786. The van der Waals surface area contributed by atoms with Crippen LogP contribution in [-0.4, -0.2) is 43.6 Å². The maximum absolute atomic E-state index is 13.4. The van der Waals surface area contributed by atoms with E-state index in [0.29, 0.717) is 46.2 Å². The molecule has 0 aliphatic carbocycles. The number of aromatic nitrogens is 4. The van der Waals surface area contributed by atoms with Crippen molar-refractivity contribution in [2.24, 2.45) is 0 Å². The molecule has 1 atom stereocenters. The van der Waals surface area contributed by atoms with Crippen molar-refractivity contribution in [3.63, 3.8) is 0 Å². The number of fused-ring (bicyclic) bond motifs is 1. The van der Waals surface area contributed by atoms with Crippen molar-refractivity contribution < 1.29 is 9.32 Å². The van der Waals surface area contributed by atoms with Crippen molar-refractivity contribution >= 4 is 40.1 Å². The van der Waals surface area contributed by atoms with E-state index in [1.807, 2.05) is 45.9 Å². The van der Waals surface area contributed by atoms with Gasteiger partial charge in [-0.05, 0) is 44.0 Å². The summed E-state index contributed by atoms with van der Waals surface area (Å²) in [6, 6.07) is 13.2. The van der Waals surface area contributed by atoms with E-state index in [0.717, 1.165) is 23.9 Å². The highest BCUT2D eigenvalue weighted by atomic mass is 35.5. The second-order valence-electron chi connectivity index (χ2n) is 7.97. The Hall–Kier alpha value is -2.90. The van der Waals surface area contributed by atoms with Gasteiger partial charge in [-0.2, -0.15) is 4.98 Å². The van der Waals surface area contributed by atoms with E-state index < -0.39 is 0 Å². The Balaban J connectivity index is 1.47. The maximum Gasteiger partial charge on any atom is 0.242 e. The van der Waals surface area contributed by atoms with Gasteiger partial charge < -0.3 is 14.0 Å². The normalized spacial score (nSPS) is 16.6. The number of likely N-dealkylation sites (tertiary alicyclic amines) is 1. The van der Waals surface area contributed by atoms with Gasteiger partial charge in [0.2, 0.25) is 11.8 Å². The first kappa shape index (κ1) is 21.0. The summed E-state index contributed by atoms with van der Waals surface area (Å²) in [5.74, 6) is 1.88. The predicted octanol–water partition coefficient (Wildman–Crippen LogP) is 5.11. The molecule has 164 valence electrons. The fraction of sp³-hybridized carbons (Fsp3) is 0.304. The molecular weight excluding hydrogens is 449 g/mol. The average Bonchev–Trinajstić information content (AvgIpc) is 3.40. The van der Waals surface area contributed by atoms with Crippen LogP contribution in [0, 0.1) is 6.92 Å². The molecule has 0 saturated carbocycles. The zero-order valence-corrected chi connectivity index (χ0v) is 19.0. The molecule has 1 saturated heterocycles. The third-order valence-electron chi connectivity index (χ3n) is 5.81. The lowest BCUT2D eigenvalue weighted by molar-refractivity contribution is -0.133. The molecule has 9 heteroatoms. The minimum Gasteiger partial charge on any atom is -0.340 e. The van der Waals surface area contributed by atoms with Gasteiger partial charge in [0.25, 0.3) is 0 Å². The van der Waals surface area contributed by atoms with Crippen LogP contribution >= 0.6 is 23.2 Å². The summed E-state index contributed by atoms with van der Waals surface area (Å²) in [7, 11) is 0. The number of para-hydroxylation sites is 2. The highest BCUT2D eigenvalue weighted by Gasteiger charge is 2.29. The number of rotatable bonds is 4. The molecule has 1 fully saturated rings. The number of amides is 1. The fourth-order valence-electron chi connectivity index (χ4n) is 4.24. The molecule has 1 unspecified atom stereocenters. The van der Waals surface area contributed by atoms with Gasteiger partial charge in [-0.1, -0.05) is 46.6 Å². The van der Waals surface area contributed by atoms with E-state index >= 15 is 0 Å². The molecule has 3 heterocycles. The lowest BCUT2D eigenvalue weighted by Crippen LogP contribution is -2.41. The summed E-state index contributed by atoms with van der Waals surface area (Å²) in [5.41, 5.74) is 2.36. The molecule has 1 aliphatic rings. The summed E-state index contributed by atoms with van der Waals surface area (Å²) in [4.78, 5) is 24.4. The molecule has 0 N–H and O–H groups in total. The highest BCUT2D eigenvalue weighted by Crippen LogP contribution is 2.35. The average molecular weight is 470 g/mol. The van der Waals surface area contributed by atoms with Crippen molar-refractivity contribution in [1.82, 2.24) is 24.6 Å². The van der Waals surface area contributed by atoms with Gasteiger partial charge in [0.05, 0.1) is 27.0 Å². The monoisotopic (exact) mass is 469 g/mol. The van der Waals surface area contributed by atoms with Gasteiger partial charge in [0, 0.05) is 18.7 Å². The van der Waals surface area contributed by atoms with Crippen LogP contribution in [0.15, 0.2) is 47.0 Å². The molecular formula is C23H21Cl2N5O2. The topological polar surface area (TPSA) is 77.0 Å². The number of carbonyl (C=O) groups is 1. The third kappa shape index (κ3) is 3.87. The summed E-state index contributed by atoms with van der Waals surface area (Å²) in [5, 5.41) is 4.76. The predicted molar refractivity (Wildman–Crippen MR) is 123 cm³/mol. The van der Waals surface area contributed by atoms with E-state index in [1.54, 1.807) is 13.0 Å². The van der Waals surface area contributed by atoms with E-state index in [9.17, 15) is 4.79 Å². The SMILES string of the molecule is Cc1noc(C2CCCN(C(=O)Cn3c(-c4cccc(Cl)c4Cl)nc4ccccc43)C2)n1. The highest BCUT2D eigenvalue weighted by molar-refractivity contribution is 6.43. The van der Waals surface area contributed by atoms with Crippen LogP contribution in [0.5, 0.6) is 0 Å². The van der Waals surface area contributed by atoms with Crippen molar-refractivity contribution in [3.8, 4) is 11.4 Å². The molecule has 7 nitrogen and oxygen atoms in total. The molecule has 32 heavy (non-hydrogen) atoms. The van der Waals surface area contributed by atoms with Crippen LogP contribution in [0.2, 0.25) is 10.0 Å². The Morgan fingerprint density at radius 2 is 2.00 bits per heavy atom. The third-order valence-corrected chi connectivity index (χ3v) is 6.63. The van der Waals surface area contributed by atoms with Crippen molar-refractivity contribution in [2.45, 2.75) is 32.2 Å². The smallest absolute Gasteiger partial charge is 0.242 e. The number of aryl methyl sites for hydroxylation is 1. The van der Waals surface area contributed by atoms with Crippen molar-refractivity contribution in [2.75, 3.05) is 13.1 Å². The number of imidazole rings is 1. The van der Waals surface area contributed by atoms with Gasteiger partial charge in [-0.25, -0.2) is 4.98 Å². The van der Waals surface area contributed by atoms with Crippen LogP contribution in [0.25, 0.3) is 22.4 Å². The second-order valence-corrected chi connectivity index (χ2v) is 8.76. The number of carbonyl (C=O) groups excluding carboxylic acids is 1. The lowest BCUT2D eigenvalue weighted by atomic mass is 9.98. The van der Waals surface area contributed by atoms with Gasteiger partial charge in [0.1, 0.15) is 12.4 Å². The molecule has 5 rings (SSSR count). The Bertz CT molecular complexity index is 1300. The van der Waals surface area contributed by atoms with Gasteiger partial charge in [-0.15, -0.1) is 0 Å². The van der Waals surface area contributed by atoms with E-state index in [1.165, 1.54) is 0 Å². The first-order chi connectivity index (χ1) is 15.5. The van der Waals surface area contributed by atoms with Crippen LogP contribution in [-0.2, 0) is 11.3 Å². The Morgan fingerprint density at radius 1 is 1.16 bits per heavy atom. The van der Waals surface area contributed by atoms with Gasteiger partial charge >= 0.3 is 0 Å². The molecule has 0 radical (unpaired) electrons. The minimum absolute atomic E-state index is 0.00786. The number of halogens is 2. The van der Waals surface area contributed by atoms with E-state index in [2.05, 4.69) is 10.1 Å². The molecule has 2 aromatic heterocycles. The Labute approximate surface area is 194 Å². The fourth-order valence-corrected chi connectivity index (χ4v) is 4.62. The van der Waals surface area contributed by atoms with E-state index in [-0.39, 0.29) is 18.4 Å². The molecule has 0 spiro atoms. The first-order valence-corrected chi connectivity index (χ1v) is 11.2. The molecule has 2 aromatic carbocycles. The molecule has 1 amide bonds. The van der Waals surface area contributed by atoms with Gasteiger partial charge in [0.15, 0.2) is 5.82 Å². The Kier molecular flexibility index (Phi) is 5.61. The zero-order valence-electron chi connectivity index (χ0n) is 17.5. The zero-order chi connectivity index (χ0) is 22.2. The molecule has 1 aliphatic heterocycles. The number of piperidine rings is 1. The number of benzene rings is 2. The number of hydrogen-bond donors (Lipinski definition) is 0. The van der Waals surface area contributed by atoms with Gasteiger partial charge in [-0.3, -0.25) is 4.79 Å². The van der Waals surface area contributed by atoms with E-state index in [4.69, 9.17) is 32.7 Å². The largest absolute Gasteiger partial charge is 0.340 e. The first-order valence-electron chi connectivity index (χ1n) is 10.5. The van der Waals surface area contributed by atoms with Crippen LogP contribution in [0.3, 0.4) is 0 Å². The number of hydrogen-bond acceptors (Lipinski definition) is 5. The standard InChI is InChI=1S/C23H21Cl2N5O2/c1-14-26-23(32-28-14)15-6-5-11-29(12-15)20(31)13-30-19-10-3-2-9-18(19)27-22(30)16-7-4-8-17(24)21(16)25/h2-4,7-10,15H,5-6,11-13H2,1H3. The second kappa shape index (κ2) is 8.56.